The fraction of sp³-hybridized carbons (Fsp3) is 0.500. The lowest BCUT2D eigenvalue weighted by atomic mass is 10.1. The lowest BCUT2D eigenvalue weighted by Crippen LogP contribution is -2.31. The van der Waals surface area contributed by atoms with Crippen LogP contribution in [0.25, 0.3) is 0 Å². The highest BCUT2D eigenvalue weighted by Crippen LogP contribution is 2.31. The van der Waals surface area contributed by atoms with Crippen molar-refractivity contribution in [3.8, 4) is 11.5 Å². The fourth-order valence-electron chi connectivity index (χ4n) is 1.85. The van der Waals surface area contributed by atoms with E-state index in [9.17, 15) is 4.79 Å². The number of nitrogens with two attached hydrogens (primary N) is 1. The van der Waals surface area contributed by atoms with Crippen molar-refractivity contribution in [2.45, 2.75) is 25.9 Å². The molecule has 5 nitrogen and oxygen atoms in total. The summed E-state index contributed by atoms with van der Waals surface area (Å²) in [6.45, 7) is 2.28. The summed E-state index contributed by atoms with van der Waals surface area (Å²) in [5, 5.41) is 0. The van der Waals surface area contributed by atoms with Crippen molar-refractivity contribution >= 4 is 5.91 Å². The number of methoxy groups -OCH3 is 2. The monoisotopic (exact) mass is 266 g/mol. The van der Waals surface area contributed by atoms with Crippen LogP contribution in [0.1, 0.15) is 18.9 Å². The molecule has 0 fully saturated rings. The van der Waals surface area contributed by atoms with E-state index >= 15 is 0 Å². The molecule has 2 N–H and O–H groups in total. The van der Waals surface area contributed by atoms with Crippen molar-refractivity contribution in [3.05, 3.63) is 23.8 Å². The number of nitrogens with zero attached hydrogens (tertiary/aromatic N) is 1. The van der Waals surface area contributed by atoms with E-state index in [-0.39, 0.29) is 11.9 Å². The topological polar surface area (TPSA) is 64.8 Å². The predicted octanol–water partition coefficient (Wildman–Crippen LogP) is 1.40. The molecule has 0 heterocycles. The summed E-state index contributed by atoms with van der Waals surface area (Å²) in [4.78, 5) is 13.5. The van der Waals surface area contributed by atoms with Crippen molar-refractivity contribution in [3.63, 3.8) is 0 Å². The molecule has 19 heavy (non-hydrogen) atoms. The van der Waals surface area contributed by atoms with Gasteiger partial charge < -0.3 is 20.1 Å². The molecule has 0 aliphatic carbocycles. The van der Waals surface area contributed by atoms with E-state index in [4.69, 9.17) is 15.2 Å². The Morgan fingerprint density at radius 1 is 1.37 bits per heavy atom. The van der Waals surface area contributed by atoms with Gasteiger partial charge in [-0.25, -0.2) is 0 Å². The van der Waals surface area contributed by atoms with Crippen LogP contribution in [-0.2, 0) is 11.3 Å². The van der Waals surface area contributed by atoms with Gasteiger partial charge in [-0.2, -0.15) is 0 Å². The largest absolute Gasteiger partial charge is 0.493 e. The third-order valence-electron chi connectivity index (χ3n) is 2.81. The van der Waals surface area contributed by atoms with E-state index in [0.717, 1.165) is 5.56 Å². The Morgan fingerprint density at radius 3 is 2.58 bits per heavy atom. The maximum Gasteiger partial charge on any atom is 0.224 e. The Bertz CT molecular complexity index is 433. The Hall–Kier alpha value is -1.75. The van der Waals surface area contributed by atoms with Gasteiger partial charge >= 0.3 is 0 Å². The molecule has 1 atom stereocenters. The van der Waals surface area contributed by atoms with Crippen molar-refractivity contribution in [1.82, 2.24) is 4.90 Å². The first-order chi connectivity index (χ1) is 8.99. The molecule has 0 aromatic heterocycles. The Kier molecular flexibility index (Phi) is 5.63. The van der Waals surface area contributed by atoms with Crippen LogP contribution in [-0.4, -0.2) is 38.1 Å². The van der Waals surface area contributed by atoms with E-state index in [1.54, 1.807) is 26.2 Å². The average molecular weight is 266 g/mol. The van der Waals surface area contributed by atoms with Gasteiger partial charge in [-0.1, -0.05) is 12.1 Å². The molecule has 0 radical (unpaired) electrons. The van der Waals surface area contributed by atoms with Crippen molar-refractivity contribution in [2.75, 3.05) is 21.3 Å². The van der Waals surface area contributed by atoms with Crippen LogP contribution in [0.2, 0.25) is 0 Å². The smallest absolute Gasteiger partial charge is 0.224 e. The van der Waals surface area contributed by atoms with Crippen molar-refractivity contribution in [1.29, 1.82) is 0 Å². The Morgan fingerprint density at radius 2 is 2.05 bits per heavy atom. The van der Waals surface area contributed by atoms with Gasteiger partial charge in [0.05, 0.1) is 14.2 Å². The molecule has 0 saturated carbocycles. The summed E-state index contributed by atoms with van der Waals surface area (Å²) in [7, 11) is 4.93. The van der Waals surface area contributed by atoms with Gasteiger partial charge in [0.1, 0.15) is 0 Å². The number of hydrogen-bond acceptors (Lipinski definition) is 4. The van der Waals surface area contributed by atoms with Crippen LogP contribution in [0.4, 0.5) is 0 Å². The molecule has 0 aliphatic heterocycles. The van der Waals surface area contributed by atoms with Gasteiger partial charge in [0.25, 0.3) is 0 Å². The number of rotatable bonds is 6. The van der Waals surface area contributed by atoms with Crippen LogP contribution >= 0.6 is 0 Å². The number of ether oxygens (including phenoxy) is 2. The van der Waals surface area contributed by atoms with Crippen LogP contribution in [0.5, 0.6) is 11.5 Å². The van der Waals surface area contributed by atoms with Gasteiger partial charge in [0.2, 0.25) is 5.91 Å². The molecule has 1 aromatic carbocycles. The minimum Gasteiger partial charge on any atom is -0.493 e. The third-order valence-corrected chi connectivity index (χ3v) is 2.81. The van der Waals surface area contributed by atoms with E-state index in [0.29, 0.717) is 24.5 Å². The molecule has 0 bridgehead atoms. The molecule has 5 heteroatoms. The first-order valence-electron chi connectivity index (χ1n) is 6.19. The van der Waals surface area contributed by atoms with Gasteiger partial charge in [-0.3, -0.25) is 4.79 Å². The van der Waals surface area contributed by atoms with Crippen LogP contribution in [0, 0.1) is 0 Å². The van der Waals surface area contributed by atoms with Crippen molar-refractivity contribution < 1.29 is 14.3 Å². The van der Waals surface area contributed by atoms with E-state index in [2.05, 4.69) is 0 Å². The zero-order chi connectivity index (χ0) is 14.4. The molecule has 1 aromatic rings. The van der Waals surface area contributed by atoms with Crippen molar-refractivity contribution in [2.24, 2.45) is 5.73 Å². The zero-order valence-electron chi connectivity index (χ0n) is 12.0. The summed E-state index contributed by atoms with van der Waals surface area (Å²) < 4.78 is 10.6. The number of carbonyl (C=O) groups excluding carboxylic acids is 1. The second kappa shape index (κ2) is 6.99. The average Bonchev–Trinajstić information content (AvgIpc) is 2.37. The maximum absolute atomic E-state index is 11.9. The first kappa shape index (κ1) is 15.3. The second-order valence-corrected chi connectivity index (χ2v) is 4.58. The van der Waals surface area contributed by atoms with Gasteiger partial charge in [0, 0.05) is 31.6 Å². The first-order valence-corrected chi connectivity index (χ1v) is 6.19. The minimum absolute atomic E-state index is 0.0138. The van der Waals surface area contributed by atoms with Gasteiger partial charge in [-0.05, 0) is 13.0 Å². The third kappa shape index (κ3) is 4.13. The van der Waals surface area contributed by atoms with Crippen LogP contribution in [0.15, 0.2) is 18.2 Å². The lowest BCUT2D eigenvalue weighted by molar-refractivity contribution is -0.130. The molecular weight excluding hydrogens is 244 g/mol. The number of amides is 1. The molecule has 1 unspecified atom stereocenters. The van der Waals surface area contributed by atoms with E-state index in [1.165, 1.54) is 0 Å². The summed E-state index contributed by atoms with van der Waals surface area (Å²) in [5.41, 5.74) is 6.54. The van der Waals surface area contributed by atoms with Gasteiger partial charge in [-0.15, -0.1) is 0 Å². The van der Waals surface area contributed by atoms with Gasteiger partial charge in [0.15, 0.2) is 11.5 Å². The normalized spacial score (nSPS) is 11.8. The molecule has 1 rings (SSSR count). The summed E-state index contributed by atoms with van der Waals surface area (Å²) >= 11 is 0. The minimum atomic E-state index is -0.137. The number of hydrogen-bond donors (Lipinski definition) is 1. The summed E-state index contributed by atoms with van der Waals surface area (Å²) in [6.07, 6.45) is 0.336. The summed E-state index contributed by atoms with van der Waals surface area (Å²) in [5.74, 6) is 1.33. The Labute approximate surface area is 114 Å². The number of carbonyl (C=O) groups is 1. The molecule has 0 saturated heterocycles. The molecule has 106 valence electrons. The van der Waals surface area contributed by atoms with E-state index < -0.39 is 0 Å². The maximum atomic E-state index is 11.9. The highest BCUT2D eigenvalue weighted by molar-refractivity contribution is 5.76. The quantitative estimate of drug-likeness (QED) is 0.845. The number of para-hydroxylation sites is 1. The highest BCUT2D eigenvalue weighted by Gasteiger charge is 2.15. The fourth-order valence-corrected chi connectivity index (χ4v) is 1.85. The standard InChI is InChI=1S/C14H22N2O3/c1-10(15)8-13(17)16(2)9-11-6-5-7-12(18-3)14(11)19-4/h5-7,10H,8-9,15H2,1-4H3. The highest BCUT2D eigenvalue weighted by atomic mass is 16.5. The van der Waals surface area contributed by atoms with E-state index in [1.807, 2.05) is 25.1 Å². The SMILES string of the molecule is COc1cccc(CN(C)C(=O)CC(C)N)c1OC. The molecular formula is C14H22N2O3. The predicted molar refractivity (Wildman–Crippen MR) is 74.3 cm³/mol. The van der Waals surface area contributed by atoms with Crippen LogP contribution in [0.3, 0.4) is 0 Å². The second-order valence-electron chi connectivity index (χ2n) is 4.58. The molecule has 0 aliphatic rings. The molecule has 0 spiro atoms. The summed E-state index contributed by atoms with van der Waals surface area (Å²) in [6, 6.07) is 5.48. The molecule has 1 amide bonds. The lowest BCUT2D eigenvalue weighted by Gasteiger charge is -2.20. The van der Waals surface area contributed by atoms with Crippen LogP contribution < -0.4 is 15.2 Å². The number of benzene rings is 1. The zero-order valence-corrected chi connectivity index (χ0v) is 12.0. The Balaban J connectivity index is 2.84.